The number of carbonyl (C=O) groups excluding carboxylic acids is 1. The Hall–Kier alpha value is -1.91. The van der Waals surface area contributed by atoms with Crippen LogP contribution in [0.2, 0.25) is 0 Å². The SMILES string of the molecule is COC(=O)C(Cc1ccc(O)cc1)C(CN=O)CC(C)C. The van der Waals surface area contributed by atoms with E-state index in [1.807, 2.05) is 13.8 Å². The molecule has 2 atom stereocenters. The third-order valence-corrected chi connectivity index (χ3v) is 3.55. The van der Waals surface area contributed by atoms with Crippen molar-refractivity contribution in [1.29, 1.82) is 0 Å². The van der Waals surface area contributed by atoms with E-state index in [0.29, 0.717) is 12.3 Å². The van der Waals surface area contributed by atoms with Crippen molar-refractivity contribution in [2.24, 2.45) is 22.9 Å². The van der Waals surface area contributed by atoms with Gasteiger partial charge in [0.05, 0.1) is 19.6 Å². The average molecular weight is 293 g/mol. The standard InChI is InChI=1S/C16H23NO4/c1-11(2)8-13(10-17-20)15(16(19)21-3)9-12-4-6-14(18)7-5-12/h4-7,11,13,15,18H,8-10H2,1-3H3. The molecule has 5 nitrogen and oxygen atoms in total. The first-order valence-corrected chi connectivity index (χ1v) is 7.12. The lowest BCUT2D eigenvalue weighted by molar-refractivity contribution is -0.147. The lowest BCUT2D eigenvalue weighted by atomic mass is 9.81. The summed E-state index contributed by atoms with van der Waals surface area (Å²) in [5, 5.41) is 12.3. The van der Waals surface area contributed by atoms with Gasteiger partial charge in [0.25, 0.3) is 0 Å². The Morgan fingerprint density at radius 3 is 2.38 bits per heavy atom. The second-order valence-electron chi connectivity index (χ2n) is 5.70. The van der Waals surface area contributed by atoms with Gasteiger partial charge < -0.3 is 9.84 Å². The molecule has 1 N–H and O–H groups in total. The number of hydrogen-bond donors (Lipinski definition) is 1. The maximum absolute atomic E-state index is 12.1. The molecule has 0 bridgehead atoms. The van der Waals surface area contributed by atoms with Crippen LogP contribution in [0.4, 0.5) is 0 Å². The fourth-order valence-electron chi connectivity index (χ4n) is 2.55. The summed E-state index contributed by atoms with van der Waals surface area (Å²) in [5.41, 5.74) is 0.919. The van der Waals surface area contributed by atoms with Crippen molar-refractivity contribution in [2.75, 3.05) is 13.7 Å². The van der Waals surface area contributed by atoms with Gasteiger partial charge >= 0.3 is 5.97 Å². The molecule has 0 aromatic heterocycles. The van der Waals surface area contributed by atoms with Crippen LogP contribution >= 0.6 is 0 Å². The zero-order valence-corrected chi connectivity index (χ0v) is 12.8. The molecule has 1 aromatic carbocycles. The Morgan fingerprint density at radius 2 is 1.90 bits per heavy atom. The quantitative estimate of drug-likeness (QED) is 0.590. The van der Waals surface area contributed by atoms with E-state index < -0.39 is 5.92 Å². The van der Waals surface area contributed by atoms with Crippen molar-refractivity contribution in [3.8, 4) is 5.75 Å². The number of nitrogens with zero attached hydrogens (tertiary/aromatic N) is 1. The zero-order chi connectivity index (χ0) is 15.8. The number of esters is 1. The molecule has 0 heterocycles. The van der Waals surface area contributed by atoms with Crippen LogP contribution in [0.5, 0.6) is 5.75 Å². The molecule has 0 aliphatic heterocycles. The average Bonchev–Trinajstić information content (AvgIpc) is 2.45. The summed E-state index contributed by atoms with van der Waals surface area (Å²) in [5.74, 6) is -0.314. The molecule has 5 heteroatoms. The number of methoxy groups -OCH3 is 1. The molecule has 0 aliphatic carbocycles. The van der Waals surface area contributed by atoms with E-state index in [9.17, 15) is 14.8 Å². The normalized spacial score (nSPS) is 13.7. The minimum absolute atomic E-state index is 0.107. The van der Waals surface area contributed by atoms with E-state index in [0.717, 1.165) is 12.0 Å². The van der Waals surface area contributed by atoms with Crippen LogP contribution < -0.4 is 0 Å². The fraction of sp³-hybridized carbons (Fsp3) is 0.562. The third-order valence-electron chi connectivity index (χ3n) is 3.55. The van der Waals surface area contributed by atoms with Gasteiger partial charge in [-0.25, -0.2) is 0 Å². The number of phenols is 1. The molecule has 1 rings (SSSR count). The van der Waals surface area contributed by atoms with Crippen molar-refractivity contribution in [3.63, 3.8) is 0 Å². The first-order valence-electron chi connectivity index (χ1n) is 7.12. The number of rotatable bonds is 8. The molecule has 0 spiro atoms. The Kier molecular flexibility index (Phi) is 6.85. The van der Waals surface area contributed by atoms with Crippen LogP contribution in [0.1, 0.15) is 25.8 Å². The molecule has 0 aliphatic rings. The summed E-state index contributed by atoms with van der Waals surface area (Å²) in [6.07, 6.45) is 1.21. The molecule has 0 saturated carbocycles. The van der Waals surface area contributed by atoms with E-state index in [1.165, 1.54) is 7.11 Å². The van der Waals surface area contributed by atoms with Crippen molar-refractivity contribution < 1.29 is 14.6 Å². The molecular weight excluding hydrogens is 270 g/mol. The zero-order valence-electron chi connectivity index (χ0n) is 12.8. The highest BCUT2D eigenvalue weighted by atomic mass is 16.5. The summed E-state index contributed by atoms with van der Waals surface area (Å²) in [4.78, 5) is 22.7. The second kappa shape index (κ2) is 8.39. The summed E-state index contributed by atoms with van der Waals surface area (Å²) >= 11 is 0. The molecule has 1 aromatic rings. The van der Waals surface area contributed by atoms with Gasteiger partial charge in [0.2, 0.25) is 0 Å². The summed E-state index contributed by atoms with van der Waals surface area (Å²) < 4.78 is 4.89. The van der Waals surface area contributed by atoms with Crippen LogP contribution in [0, 0.1) is 22.7 Å². The maximum atomic E-state index is 12.1. The molecule has 0 fully saturated rings. The fourth-order valence-corrected chi connectivity index (χ4v) is 2.55. The van der Waals surface area contributed by atoms with Gasteiger partial charge in [0.15, 0.2) is 0 Å². The number of aromatic hydroxyl groups is 1. The predicted molar refractivity (Wildman–Crippen MR) is 80.9 cm³/mol. The van der Waals surface area contributed by atoms with Crippen LogP contribution in [-0.2, 0) is 16.0 Å². The van der Waals surface area contributed by atoms with E-state index in [-0.39, 0.29) is 24.2 Å². The minimum Gasteiger partial charge on any atom is -0.508 e. The van der Waals surface area contributed by atoms with Gasteiger partial charge in [-0.1, -0.05) is 31.2 Å². The number of nitroso groups, excluding NO2 is 1. The first-order chi connectivity index (χ1) is 9.97. The third kappa shape index (κ3) is 5.53. The van der Waals surface area contributed by atoms with Crippen molar-refractivity contribution in [1.82, 2.24) is 0 Å². The lowest BCUT2D eigenvalue weighted by Crippen LogP contribution is -2.30. The summed E-state index contributed by atoms with van der Waals surface area (Å²) in [6.45, 7) is 4.20. The molecular formula is C16H23NO4. The van der Waals surface area contributed by atoms with E-state index >= 15 is 0 Å². The number of ether oxygens (including phenoxy) is 1. The Morgan fingerprint density at radius 1 is 1.29 bits per heavy atom. The van der Waals surface area contributed by atoms with Crippen LogP contribution in [-0.4, -0.2) is 24.7 Å². The molecule has 0 radical (unpaired) electrons. The number of carbonyl (C=O) groups is 1. The van der Waals surface area contributed by atoms with Gasteiger partial charge in [0.1, 0.15) is 5.75 Å². The smallest absolute Gasteiger partial charge is 0.309 e. The second-order valence-corrected chi connectivity index (χ2v) is 5.70. The van der Waals surface area contributed by atoms with Gasteiger partial charge in [-0.2, -0.15) is 4.91 Å². The number of hydrogen-bond acceptors (Lipinski definition) is 5. The van der Waals surface area contributed by atoms with Gasteiger partial charge in [-0.3, -0.25) is 4.79 Å². The highest BCUT2D eigenvalue weighted by molar-refractivity contribution is 5.73. The predicted octanol–water partition coefficient (Wildman–Crippen LogP) is 3.15. The van der Waals surface area contributed by atoms with E-state index in [2.05, 4.69) is 5.18 Å². The Labute approximate surface area is 125 Å². The Bertz CT molecular complexity index is 456. The summed E-state index contributed by atoms with van der Waals surface area (Å²) in [7, 11) is 1.35. The van der Waals surface area contributed by atoms with E-state index in [4.69, 9.17) is 4.74 Å². The van der Waals surface area contributed by atoms with Gasteiger partial charge in [-0.05, 0) is 42.4 Å². The van der Waals surface area contributed by atoms with Gasteiger partial charge in [0, 0.05) is 0 Å². The molecule has 116 valence electrons. The maximum Gasteiger partial charge on any atom is 0.309 e. The van der Waals surface area contributed by atoms with E-state index in [1.54, 1.807) is 24.3 Å². The highest BCUT2D eigenvalue weighted by Crippen LogP contribution is 2.26. The minimum atomic E-state index is -0.403. The van der Waals surface area contributed by atoms with Crippen molar-refractivity contribution >= 4 is 5.97 Å². The topological polar surface area (TPSA) is 76.0 Å². The molecule has 21 heavy (non-hydrogen) atoms. The van der Waals surface area contributed by atoms with Crippen molar-refractivity contribution in [3.05, 3.63) is 34.7 Å². The summed E-state index contributed by atoms with van der Waals surface area (Å²) in [6, 6.07) is 6.70. The number of benzene rings is 1. The van der Waals surface area contributed by atoms with Crippen LogP contribution in [0.15, 0.2) is 29.4 Å². The Balaban J connectivity index is 2.93. The molecule has 0 amide bonds. The highest BCUT2D eigenvalue weighted by Gasteiger charge is 2.30. The van der Waals surface area contributed by atoms with Gasteiger partial charge in [-0.15, -0.1) is 0 Å². The monoisotopic (exact) mass is 293 g/mol. The largest absolute Gasteiger partial charge is 0.508 e. The van der Waals surface area contributed by atoms with Crippen LogP contribution in [0.25, 0.3) is 0 Å². The molecule has 0 saturated heterocycles. The van der Waals surface area contributed by atoms with Crippen molar-refractivity contribution in [2.45, 2.75) is 26.7 Å². The lowest BCUT2D eigenvalue weighted by Gasteiger charge is -2.24. The molecule has 2 unspecified atom stereocenters. The van der Waals surface area contributed by atoms with Crippen LogP contribution in [0.3, 0.4) is 0 Å². The first kappa shape index (κ1) is 17.1. The number of phenolic OH excluding ortho intramolecular Hbond substituents is 1.